The molecule has 5 heteroatoms. The third kappa shape index (κ3) is 2.23. The van der Waals surface area contributed by atoms with Gasteiger partial charge in [0.1, 0.15) is 0 Å². The highest BCUT2D eigenvalue weighted by molar-refractivity contribution is 6.30. The number of benzene rings is 1. The molecule has 0 aliphatic carbocycles. The van der Waals surface area contributed by atoms with Crippen LogP contribution in [0.5, 0.6) is 0 Å². The van der Waals surface area contributed by atoms with Crippen LogP contribution in [-0.2, 0) is 4.79 Å². The van der Waals surface area contributed by atoms with Crippen molar-refractivity contribution in [3.05, 3.63) is 35.5 Å². The van der Waals surface area contributed by atoms with E-state index in [1.54, 1.807) is 18.3 Å². The normalized spacial score (nSPS) is 10.1. The molecule has 2 rings (SSSR count). The Bertz CT molecular complexity index is 505. The first-order valence-electron chi connectivity index (χ1n) is 4.65. The molecule has 0 aliphatic rings. The number of anilines is 1. The predicted octanol–water partition coefficient (Wildman–Crippen LogP) is 2.95. The number of nitrogens with one attached hydrogen (secondary N) is 1. The number of hydrogen-bond donors (Lipinski definition) is 1. The Morgan fingerprint density at radius 3 is 2.69 bits per heavy atom. The smallest absolute Gasteiger partial charge is 0.239 e. The van der Waals surface area contributed by atoms with Crippen molar-refractivity contribution >= 4 is 23.4 Å². The standard InChI is InChI=1S/C11H9ClN2O2/c1-7(15)14-11-10(6-13-16-11)8-2-4-9(12)5-3-8/h2-6H,1H3,(H,14,15). The number of aromatic nitrogens is 1. The average Bonchev–Trinajstić information content (AvgIpc) is 2.66. The monoisotopic (exact) mass is 236 g/mol. The molecule has 0 fully saturated rings. The van der Waals surface area contributed by atoms with Crippen LogP contribution in [0.25, 0.3) is 11.1 Å². The first-order chi connectivity index (χ1) is 7.66. The molecule has 4 nitrogen and oxygen atoms in total. The molecule has 1 aromatic carbocycles. The lowest BCUT2D eigenvalue weighted by Crippen LogP contribution is -2.05. The number of carbonyl (C=O) groups excluding carboxylic acids is 1. The van der Waals surface area contributed by atoms with Gasteiger partial charge in [-0.2, -0.15) is 0 Å². The van der Waals surface area contributed by atoms with Crippen molar-refractivity contribution in [2.45, 2.75) is 6.92 Å². The first-order valence-corrected chi connectivity index (χ1v) is 5.03. The number of amides is 1. The van der Waals surface area contributed by atoms with Crippen LogP contribution in [0, 0.1) is 0 Å². The van der Waals surface area contributed by atoms with Crippen molar-refractivity contribution in [2.24, 2.45) is 0 Å². The predicted molar refractivity (Wildman–Crippen MR) is 61.3 cm³/mol. The third-order valence-corrected chi connectivity index (χ3v) is 2.27. The molecule has 0 aliphatic heterocycles. The molecule has 1 N–H and O–H groups in total. The highest BCUT2D eigenvalue weighted by Crippen LogP contribution is 2.28. The summed E-state index contributed by atoms with van der Waals surface area (Å²) in [5.74, 6) is 0.141. The number of rotatable bonds is 2. The second-order valence-corrected chi connectivity index (χ2v) is 3.69. The van der Waals surface area contributed by atoms with Gasteiger partial charge in [0.2, 0.25) is 11.8 Å². The van der Waals surface area contributed by atoms with E-state index in [4.69, 9.17) is 16.1 Å². The van der Waals surface area contributed by atoms with Crippen LogP contribution in [0.15, 0.2) is 35.0 Å². The fourth-order valence-electron chi connectivity index (χ4n) is 1.32. The minimum Gasteiger partial charge on any atom is -0.338 e. The van der Waals surface area contributed by atoms with Gasteiger partial charge in [0.15, 0.2) is 0 Å². The summed E-state index contributed by atoms with van der Waals surface area (Å²) in [6.07, 6.45) is 1.55. The van der Waals surface area contributed by atoms with Gasteiger partial charge in [-0.3, -0.25) is 10.1 Å². The van der Waals surface area contributed by atoms with Crippen LogP contribution in [0.2, 0.25) is 5.02 Å². The van der Waals surface area contributed by atoms with E-state index in [1.165, 1.54) is 6.92 Å². The minimum absolute atomic E-state index is 0.202. The second-order valence-electron chi connectivity index (χ2n) is 3.26. The van der Waals surface area contributed by atoms with Crippen LogP contribution in [0.4, 0.5) is 5.88 Å². The average molecular weight is 237 g/mol. The summed E-state index contributed by atoms with van der Waals surface area (Å²) in [5, 5.41) is 6.87. The van der Waals surface area contributed by atoms with Gasteiger partial charge in [-0.15, -0.1) is 0 Å². The van der Waals surface area contributed by atoms with E-state index in [2.05, 4.69) is 10.5 Å². The summed E-state index contributed by atoms with van der Waals surface area (Å²) in [7, 11) is 0. The van der Waals surface area contributed by atoms with Crippen LogP contribution in [0.1, 0.15) is 6.92 Å². The molecule has 16 heavy (non-hydrogen) atoms. The molecule has 0 bridgehead atoms. The van der Waals surface area contributed by atoms with Crippen LogP contribution >= 0.6 is 11.6 Å². The lowest BCUT2D eigenvalue weighted by atomic mass is 10.1. The van der Waals surface area contributed by atoms with E-state index in [9.17, 15) is 4.79 Å². The van der Waals surface area contributed by atoms with E-state index in [1.807, 2.05) is 12.1 Å². The highest BCUT2D eigenvalue weighted by Gasteiger charge is 2.11. The van der Waals surface area contributed by atoms with Crippen LogP contribution in [-0.4, -0.2) is 11.1 Å². The van der Waals surface area contributed by atoms with E-state index in [0.717, 1.165) is 11.1 Å². The van der Waals surface area contributed by atoms with Gasteiger partial charge in [0.05, 0.1) is 11.8 Å². The van der Waals surface area contributed by atoms with Crippen LogP contribution < -0.4 is 5.32 Å². The van der Waals surface area contributed by atoms with Gasteiger partial charge in [-0.25, -0.2) is 0 Å². The van der Waals surface area contributed by atoms with E-state index in [-0.39, 0.29) is 5.91 Å². The molecule has 1 heterocycles. The van der Waals surface area contributed by atoms with Crippen molar-refractivity contribution < 1.29 is 9.32 Å². The summed E-state index contributed by atoms with van der Waals surface area (Å²) in [6, 6.07) is 7.20. The zero-order valence-corrected chi connectivity index (χ0v) is 9.28. The van der Waals surface area contributed by atoms with Gasteiger partial charge in [0, 0.05) is 11.9 Å². The Morgan fingerprint density at radius 1 is 1.38 bits per heavy atom. The van der Waals surface area contributed by atoms with E-state index >= 15 is 0 Å². The van der Waals surface area contributed by atoms with Crippen molar-refractivity contribution in [1.29, 1.82) is 0 Å². The molecule has 0 saturated carbocycles. The maximum absolute atomic E-state index is 10.9. The summed E-state index contributed by atoms with van der Waals surface area (Å²) < 4.78 is 4.95. The molecule has 82 valence electrons. The number of carbonyl (C=O) groups is 1. The van der Waals surface area contributed by atoms with Crippen molar-refractivity contribution in [1.82, 2.24) is 5.16 Å². The topological polar surface area (TPSA) is 55.1 Å². The summed E-state index contributed by atoms with van der Waals surface area (Å²) in [4.78, 5) is 10.9. The van der Waals surface area contributed by atoms with E-state index < -0.39 is 0 Å². The molecule has 1 amide bonds. The molecule has 2 aromatic rings. The van der Waals surface area contributed by atoms with Gasteiger partial charge < -0.3 is 4.52 Å². The second kappa shape index (κ2) is 4.37. The fraction of sp³-hybridized carbons (Fsp3) is 0.0909. The SMILES string of the molecule is CC(=O)Nc1oncc1-c1ccc(Cl)cc1. The number of nitrogens with zero attached hydrogens (tertiary/aromatic N) is 1. The quantitative estimate of drug-likeness (QED) is 0.872. The molecule has 0 unspecified atom stereocenters. The maximum atomic E-state index is 10.9. The van der Waals surface area contributed by atoms with Gasteiger partial charge in [-0.05, 0) is 17.7 Å². The summed E-state index contributed by atoms with van der Waals surface area (Å²) in [6.45, 7) is 1.41. The Hall–Kier alpha value is -1.81. The Kier molecular flexibility index (Phi) is 2.92. The van der Waals surface area contributed by atoms with Crippen molar-refractivity contribution in [2.75, 3.05) is 5.32 Å². The Labute approximate surface area is 97.2 Å². The minimum atomic E-state index is -0.202. The van der Waals surface area contributed by atoms with Gasteiger partial charge in [0.25, 0.3) is 0 Å². The lowest BCUT2D eigenvalue weighted by Gasteiger charge is -2.01. The third-order valence-electron chi connectivity index (χ3n) is 2.02. The molecule has 0 saturated heterocycles. The fourth-order valence-corrected chi connectivity index (χ4v) is 1.45. The summed E-state index contributed by atoms with van der Waals surface area (Å²) >= 11 is 5.79. The molecule has 0 spiro atoms. The zero-order chi connectivity index (χ0) is 11.5. The highest BCUT2D eigenvalue weighted by atomic mass is 35.5. The van der Waals surface area contributed by atoms with Crippen molar-refractivity contribution in [3.63, 3.8) is 0 Å². The van der Waals surface area contributed by atoms with Gasteiger partial charge in [-0.1, -0.05) is 28.9 Å². The maximum Gasteiger partial charge on any atom is 0.239 e. The molecule has 0 atom stereocenters. The number of hydrogen-bond acceptors (Lipinski definition) is 3. The Morgan fingerprint density at radius 2 is 2.06 bits per heavy atom. The Balaban J connectivity index is 2.36. The summed E-state index contributed by atoms with van der Waals surface area (Å²) in [5.41, 5.74) is 1.61. The van der Waals surface area contributed by atoms with Gasteiger partial charge >= 0.3 is 0 Å². The first kappa shape index (κ1) is 10.7. The molecular weight excluding hydrogens is 228 g/mol. The largest absolute Gasteiger partial charge is 0.338 e. The van der Waals surface area contributed by atoms with Crippen molar-refractivity contribution in [3.8, 4) is 11.1 Å². The lowest BCUT2D eigenvalue weighted by molar-refractivity contribution is -0.114. The number of halogens is 1. The molecule has 1 aromatic heterocycles. The molecule has 0 radical (unpaired) electrons. The van der Waals surface area contributed by atoms with Crippen LogP contribution in [0.3, 0.4) is 0 Å². The molecular formula is C11H9ClN2O2. The zero-order valence-electron chi connectivity index (χ0n) is 8.53. The van der Waals surface area contributed by atoms with E-state index in [0.29, 0.717) is 10.9 Å².